The van der Waals surface area contributed by atoms with Gasteiger partial charge in [-0.05, 0) is 58.5 Å². The number of likely N-dealkylation sites (N-methyl/N-ethyl adjacent to an activating group) is 1. The quantitative estimate of drug-likeness (QED) is 0.470. The molecule has 1 unspecified atom stereocenters. The van der Waals surface area contributed by atoms with Crippen LogP contribution in [0.4, 0.5) is 0 Å². The first kappa shape index (κ1) is 16.8. The Balaban J connectivity index is 2.00. The Morgan fingerprint density at radius 3 is 2.48 bits per heavy atom. The molecule has 0 amide bonds. The number of hydrogen-bond acceptors (Lipinski definition) is 4. The molecule has 4 heteroatoms. The predicted octanol–water partition coefficient (Wildman–Crippen LogP) is 2.57. The Hall–Kier alpha value is -0.610. The van der Waals surface area contributed by atoms with E-state index in [9.17, 15) is 4.79 Å². The molecule has 0 aromatic heterocycles. The van der Waals surface area contributed by atoms with Crippen molar-refractivity contribution in [3.63, 3.8) is 0 Å². The molecule has 0 radical (unpaired) electrons. The maximum Gasteiger partial charge on any atom is 0.327 e. The smallest absolute Gasteiger partial charge is 0.327 e. The summed E-state index contributed by atoms with van der Waals surface area (Å²) in [7, 11) is 2.14. The van der Waals surface area contributed by atoms with Crippen molar-refractivity contribution in [1.29, 1.82) is 0 Å². The minimum atomic E-state index is -0.460. The van der Waals surface area contributed by atoms with E-state index in [1.807, 2.05) is 6.92 Å². The second-order valence-electron chi connectivity index (χ2n) is 6.83. The van der Waals surface area contributed by atoms with Gasteiger partial charge in [-0.2, -0.15) is 0 Å². The van der Waals surface area contributed by atoms with E-state index >= 15 is 0 Å². The number of nitrogens with one attached hydrogen (secondary N) is 1. The minimum absolute atomic E-state index is 0.0262. The minimum Gasteiger partial charge on any atom is -0.465 e. The molecule has 21 heavy (non-hydrogen) atoms. The molecule has 0 aliphatic heterocycles. The molecule has 2 aliphatic carbocycles. The Bertz CT molecular complexity index is 340. The monoisotopic (exact) mass is 296 g/mol. The molecule has 0 saturated heterocycles. The van der Waals surface area contributed by atoms with E-state index in [-0.39, 0.29) is 5.97 Å². The summed E-state index contributed by atoms with van der Waals surface area (Å²) in [5.41, 5.74) is -0.460. The van der Waals surface area contributed by atoms with Crippen molar-refractivity contribution >= 4 is 5.97 Å². The molecule has 0 aromatic rings. The van der Waals surface area contributed by atoms with Gasteiger partial charge in [0.15, 0.2) is 0 Å². The molecule has 2 saturated carbocycles. The van der Waals surface area contributed by atoms with E-state index in [2.05, 4.69) is 24.2 Å². The highest BCUT2D eigenvalue weighted by molar-refractivity contribution is 5.82. The third kappa shape index (κ3) is 4.68. The van der Waals surface area contributed by atoms with Crippen molar-refractivity contribution < 1.29 is 9.53 Å². The Labute approximate surface area is 129 Å². The van der Waals surface area contributed by atoms with Gasteiger partial charge in [0.25, 0.3) is 0 Å². The lowest BCUT2D eigenvalue weighted by molar-refractivity contribution is -0.153. The Morgan fingerprint density at radius 2 is 1.95 bits per heavy atom. The number of esters is 1. The van der Waals surface area contributed by atoms with Gasteiger partial charge < -0.3 is 9.64 Å². The SMILES string of the molecule is CCCCCN(C)CC(NC1CC1)(C(=O)OCC)C1CC1. The topological polar surface area (TPSA) is 41.6 Å². The van der Waals surface area contributed by atoms with Crippen LogP contribution in [0.5, 0.6) is 0 Å². The molecule has 2 aliphatic rings. The molecule has 0 bridgehead atoms. The van der Waals surface area contributed by atoms with Crippen molar-refractivity contribution in [2.75, 3.05) is 26.7 Å². The van der Waals surface area contributed by atoms with Crippen molar-refractivity contribution in [3.05, 3.63) is 0 Å². The average molecular weight is 296 g/mol. The molecule has 1 atom stereocenters. The van der Waals surface area contributed by atoms with Crippen LogP contribution in [0.25, 0.3) is 0 Å². The van der Waals surface area contributed by atoms with E-state index in [0.717, 1.165) is 25.9 Å². The van der Waals surface area contributed by atoms with Crippen LogP contribution < -0.4 is 5.32 Å². The first-order valence-electron chi connectivity index (χ1n) is 8.75. The highest BCUT2D eigenvalue weighted by Gasteiger charge is 2.54. The molecule has 2 fully saturated rings. The molecule has 1 N–H and O–H groups in total. The van der Waals surface area contributed by atoms with Crippen LogP contribution in [0.2, 0.25) is 0 Å². The molecule has 2 rings (SSSR count). The van der Waals surface area contributed by atoms with E-state index in [1.54, 1.807) is 0 Å². The Morgan fingerprint density at radius 1 is 1.24 bits per heavy atom. The zero-order valence-corrected chi connectivity index (χ0v) is 14.0. The van der Waals surface area contributed by atoms with Gasteiger partial charge in [-0.25, -0.2) is 4.79 Å². The van der Waals surface area contributed by atoms with Gasteiger partial charge in [0.2, 0.25) is 0 Å². The second-order valence-corrected chi connectivity index (χ2v) is 6.83. The molecule has 4 nitrogen and oxygen atoms in total. The van der Waals surface area contributed by atoms with Crippen LogP contribution >= 0.6 is 0 Å². The second kappa shape index (κ2) is 7.59. The summed E-state index contributed by atoms with van der Waals surface area (Å²) in [5.74, 6) is 0.438. The average Bonchev–Trinajstić information content (AvgIpc) is 3.31. The maximum absolute atomic E-state index is 12.7. The van der Waals surface area contributed by atoms with Crippen LogP contribution in [0.15, 0.2) is 0 Å². The summed E-state index contributed by atoms with van der Waals surface area (Å²) >= 11 is 0. The Kier molecular flexibility index (Phi) is 6.06. The van der Waals surface area contributed by atoms with E-state index in [0.29, 0.717) is 18.6 Å². The van der Waals surface area contributed by atoms with Gasteiger partial charge >= 0.3 is 5.97 Å². The van der Waals surface area contributed by atoms with Crippen LogP contribution in [-0.2, 0) is 9.53 Å². The highest BCUT2D eigenvalue weighted by Crippen LogP contribution is 2.42. The van der Waals surface area contributed by atoms with Crippen molar-refractivity contribution in [3.8, 4) is 0 Å². The summed E-state index contributed by atoms with van der Waals surface area (Å²) in [5, 5.41) is 3.66. The van der Waals surface area contributed by atoms with E-state index < -0.39 is 5.54 Å². The lowest BCUT2D eigenvalue weighted by Gasteiger charge is -2.36. The zero-order valence-electron chi connectivity index (χ0n) is 14.0. The third-order valence-corrected chi connectivity index (χ3v) is 4.62. The normalized spacial score (nSPS) is 21.3. The number of nitrogens with zero attached hydrogens (tertiary/aromatic N) is 1. The van der Waals surface area contributed by atoms with Crippen LogP contribution in [0, 0.1) is 5.92 Å². The molecule has 0 spiro atoms. The van der Waals surface area contributed by atoms with Gasteiger partial charge in [-0.3, -0.25) is 5.32 Å². The largest absolute Gasteiger partial charge is 0.465 e. The number of unbranched alkanes of at least 4 members (excludes halogenated alkanes) is 2. The van der Waals surface area contributed by atoms with E-state index in [1.165, 1.54) is 32.1 Å². The van der Waals surface area contributed by atoms with Crippen molar-refractivity contribution in [2.24, 2.45) is 5.92 Å². The molecular weight excluding hydrogens is 264 g/mol. The van der Waals surface area contributed by atoms with E-state index in [4.69, 9.17) is 4.74 Å². The van der Waals surface area contributed by atoms with Crippen LogP contribution in [0.1, 0.15) is 58.8 Å². The fourth-order valence-corrected chi connectivity index (χ4v) is 3.15. The first-order chi connectivity index (χ1) is 10.1. The van der Waals surface area contributed by atoms with Crippen molar-refractivity contribution in [2.45, 2.75) is 70.4 Å². The lowest BCUT2D eigenvalue weighted by Crippen LogP contribution is -2.61. The van der Waals surface area contributed by atoms with Gasteiger partial charge in [0.05, 0.1) is 6.61 Å². The van der Waals surface area contributed by atoms with Gasteiger partial charge in [-0.1, -0.05) is 19.8 Å². The number of ether oxygens (including phenoxy) is 1. The predicted molar refractivity (Wildman–Crippen MR) is 85.3 cm³/mol. The summed E-state index contributed by atoms with van der Waals surface area (Å²) in [4.78, 5) is 15.0. The zero-order chi connectivity index (χ0) is 15.3. The molecule has 122 valence electrons. The number of carbonyl (C=O) groups is 1. The van der Waals surface area contributed by atoms with Crippen LogP contribution in [0.3, 0.4) is 0 Å². The molecule has 0 heterocycles. The van der Waals surface area contributed by atoms with Gasteiger partial charge in [0, 0.05) is 12.6 Å². The van der Waals surface area contributed by atoms with Gasteiger partial charge in [-0.15, -0.1) is 0 Å². The summed E-state index contributed by atoms with van der Waals surface area (Å²) in [6.45, 7) is 6.45. The summed E-state index contributed by atoms with van der Waals surface area (Å²) in [6.07, 6.45) is 8.42. The van der Waals surface area contributed by atoms with Crippen molar-refractivity contribution in [1.82, 2.24) is 10.2 Å². The fraction of sp³-hybridized carbons (Fsp3) is 0.941. The first-order valence-corrected chi connectivity index (χ1v) is 8.75. The summed E-state index contributed by atoms with van der Waals surface area (Å²) in [6, 6.07) is 0.527. The molecule has 0 aromatic carbocycles. The van der Waals surface area contributed by atoms with Gasteiger partial charge in [0.1, 0.15) is 5.54 Å². The fourth-order valence-electron chi connectivity index (χ4n) is 3.15. The molecular formula is C17H32N2O2. The highest BCUT2D eigenvalue weighted by atomic mass is 16.5. The lowest BCUT2D eigenvalue weighted by atomic mass is 9.91. The number of hydrogen-bond donors (Lipinski definition) is 1. The third-order valence-electron chi connectivity index (χ3n) is 4.62. The summed E-state index contributed by atoms with van der Waals surface area (Å²) < 4.78 is 5.44. The van der Waals surface area contributed by atoms with Crippen LogP contribution in [-0.4, -0.2) is 49.2 Å². The number of rotatable bonds is 11. The number of carbonyl (C=O) groups excluding carboxylic acids is 1. The maximum atomic E-state index is 12.7. The standard InChI is InChI=1S/C17H32N2O2/c1-4-6-7-12-19(3)13-17(14-8-9-14,16(20)21-5-2)18-15-10-11-15/h14-15,18H,4-13H2,1-3H3.